The Morgan fingerprint density at radius 3 is 1.96 bits per heavy atom. The first-order valence-corrected chi connectivity index (χ1v) is 10.5. The zero-order valence-electron chi connectivity index (χ0n) is 17.1. The number of nitrogens with zero attached hydrogens (tertiary/aromatic N) is 2. The minimum Gasteiger partial charge on any atom is -0.339 e. The Balaban J connectivity index is 0.00000364. The van der Waals surface area contributed by atoms with Gasteiger partial charge in [-0.1, -0.05) is 32.9 Å². The van der Waals surface area contributed by atoms with Crippen LogP contribution in [-0.4, -0.2) is 63.3 Å². The largest absolute Gasteiger partial charge is 0.339 e. The van der Waals surface area contributed by atoms with Crippen LogP contribution in [0.1, 0.15) is 37.5 Å². The molecule has 1 aliphatic heterocycles. The van der Waals surface area contributed by atoms with Gasteiger partial charge in [-0.2, -0.15) is 4.31 Å². The highest BCUT2D eigenvalue weighted by Crippen LogP contribution is 2.31. The second kappa shape index (κ2) is 8.90. The van der Waals surface area contributed by atoms with E-state index in [0.29, 0.717) is 31.1 Å². The maximum Gasteiger partial charge on any atom is 0.243 e. The molecule has 0 aromatic heterocycles. The molecule has 1 heterocycles. The minimum absolute atomic E-state index is 0. The number of hydrogen-bond acceptors (Lipinski definition) is 4. The van der Waals surface area contributed by atoms with Gasteiger partial charge < -0.3 is 10.2 Å². The van der Waals surface area contributed by atoms with E-state index in [2.05, 4.69) is 26.1 Å². The molecular formula is C19H32ClN3O3S. The highest BCUT2D eigenvalue weighted by Gasteiger charge is 2.32. The summed E-state index contributed by atoms with van der Waals surface area (Å²) in [5.41, 5.74) is 2.66. The molecular weight excluding hydrogens is 386 g/mol. The van der Waals surface area contributed by atoms with E-state index in [1.54, 1.807) is 11.9 Å². The number of aryl methyl sites for hydroxylation is 2. The summed E-state index contributed by atoms with van der Waals surface area (Å²) in [5.74, 6) is 0.00596. The van der Waals surface area contributed by atoms with Crippen molar-refractivity contribution in [2.45, 2.75) is 44.9 Å². The monoisotopic (exact) mass is 417 g/mol. The van der Waals surface area contributed by atoms with Crippen LogP contribution in [-0.2, 0) is 20.2 Å². The number of likely N-dealkylation sites (N-methyl/N-ethyl adjacent to an activating group) is 1. The molecule has 154 valence electrons. The van der Waals surface area contributed by atoms with Crippen LogP contribution in [0.25, 0.3) is 0 Å². The maximum atomic E-state index is 13.2. The van der Waals surface area contributed by atoms with Gasteiger partial charge in [-0.25, -0.2) is 8.42 Å². The fraction of sp³-hybridized carbons (Fsp3) is 0.632. The Kier molecular flexibility index (Phi) is 7.88. The van der Waals surface area contributed by atoms with Gasteiger partial charge in [0.25, 0.3) is 0 Å². The molecule has 2 rings (SSSR count). The van der Waals surface area contributed by atoms with Gasteiger partial charge >= 0.3 is 0 Å². The maximum absolute atomic E-state index is 13.2. The van der Waals surface area contributed by atoms with Crippen LogP contribution >= 0.6 is 12.4 Å². The molecule has 1 amide bonds. The summed E-state index contributed by atoms with van der Waals surface area (Å²) < 4.78 is 27.9. The first-order valence-electron chi connectivity index (χ1n) is 9.02. The molecule has 1 aromatic rings. The van der Waals surface area contributed by atoms with Gasteiger partial charge in [0.15, 0.2) is 0 Å². The van der Waals surface area contributed by atoms with Crippen molar-refractivity contribution in [3.8, 4) is 0 Å². The standard InChI is InChI=1S/C19H31N3O3S.ClH/c1-14-11-16(19(3,4)5)12-15(2)18(14)26(24,25)22-9-7-21(8-10-22)17(23)13-20-6;/h11-12,20H,7-10,13H2,1-6H3;1H. The molecule has 6 nitrogen and oxygen atoms in total. The summed E-state index contributed by atoms with van der Waals surface area (Å²) in [7, 11) is -1.84. The fourth-order valence-corrected chi connectivity index (χ4v) is 5.19. The van der Waals surface area contributed by atoms with E-state index < -0.39 is 10.0 Å². The lowest BCUT2D eigenvalue weighted by molar-refractivity contribution is -0.131. The first-order chi connectivity index (χ1) is 12.0. The number of piperazine rings is 1. The molecule has 27 heavy (non-hydrogen) atoms. The minimum atomic E-state index is -3.57. The fourth-order valence-electron chi connectivity index (χ4n) is 3.36. The molecule has 0 aliphatic carbocycles. The van der Waals surface area contributed by atoms with Crippen LogP contribution in [0.4, 0.5) is 0 Å². The summed E-state index contributed by atoms with van der Waals surface area (Å²) >= 11 is 0. The highest BCUT2D eigenvalue weighted by molar-refractivity contribution is 7.89. The van der Waals surface area contributed by atoms with Crippen LogP contribution in [0.5, 0.6) is 0 Å². The van der Waals surface area contributed by atoms with Gasteiger partial charge in [0.1, 0.15) is 0 Å². The Bertz CT molecular complexity index is 757. The quantitative estimate of drug-likeness (QED) is 0.814. The Labute approximate surface area is 169 Å². The van der Waals surface area contributed by atoms with Gasteiger partial charge in [-0.15, -0.1) is 12.4 Å². The van der Waals surface area contributed by atoms with Crippen molar-refractivity contribution >= 4 is 28.3 Å². The van der Waals surface area contributed by atoms with E-state index in [4.69, 9.17) is 0 Å². The molecule has 0 unspecified atom stereocenters. The summed E-state index contributed by atoms with van der Waals surface area (Å²) in [6.45, 7) is 11.9. The van der Waals surface area contributed by atoms with Crippen LogP contribution in [0.3, 0.4) is 0 Å². The van der Waals surface area contributed by atoms with Crippen LogP contribution < -0.4 is 5.32 Å². The normalized spacial score (nSPS) is 16.1. The van der Waals surface area contributed by atoms with Crippen molar-refractivity contribution in [3.63, 3.8) is 0 Å². The Morgan fingerprint density at radius 2 is 1.56 bits per heavy atom. The molecule has 0 saturated carbocycles. The van der Waals surface area contributed by atoms with E-state index in [1.165, 1.54) is 4.31 Å². The van der Waals surface area contributed by atoms with Crippen molar-refractivity contribution in [3.05, 3.63) is 28.8 Å². The average Bonchev–Trinajstić information content (AvgIpc) is 2.53. The van der Waals surface area contributed by atoms with Gasteiger partial charge in [-0.05, 0) is 43.0 Å². The van der Waals surface area contributed by atoms with E-state index in [0.717, 1.165) is 16.7 Å². The molecule has 0 bridgehead atoms. The van der Waals surface area contributed by atoms with Crippen LogP contribution in [0.2, 0.25) is 0 Å². The highest BCUT2D eigenvalue weighted by atomic mass is 35.5. The van der Waals surface area contributed by atoms with Gasteiger partial charge in [-0.3, -0.25) is 4.79 Å². The summed E-state index contributed by atoms with van der Waals surface area (Å²) in [6, 6.07) is 3.96. The number of benzene rings is 1. The molecule has 1 N–H and O–H groups in total. The smallest absolute Gasteiger partial charge is 0.243 e. The molecule has 0 spiro atoms. The molecule has 1 aliphatic rings. The van der Waals surface area contributed by atoms with Crippen molar-refractivity contribution in [2.75, 3.05) is 39.8 Å². The van der Waals surface area contributed by atoms with Crippen molar-refractivity contribution in [1.29, 1.82) is 0 Å². The van der Waals surface area contributed by atoms with Crippen molar-refractivity contribution in [2.24, 2.45) is 0 Å². The SMILES string of the molecule is CNCC(=O)N1CCN(S(=O)(=O)c2c(C)cc(C(C)(C)C)cc2C)CC1.Cl. The number of carbonyl (C=O) groups excluding carboxylic acids is 1. The number of hydrogen-bond donors (Lipinski definition) is 1. The lowest BCUT2D eigenvalue weighted by Crippen LogP contribution is -2.52. The van der Waals surface area contributed by atoms with Crippen LogP contribution in [0.15, 0.2) is 17.0 Å². The molecule has 0 radical (unpaired) electrons. The number of amides is 1. The van der Waals surface area contributed by atoms with E-state index >= 15 is 0 Å². The molecule has 0 atom stereocenters. The third-order valence-corrected chi connectivity index (χ3v) is 7.05. The molecule has 1 fully saturated rings. The Hall–Kier alpha value is -1.15. The number of halogens is 1. The number of nitrogens with one attached hydrogen (secondary N) is 1. The van der Waals surface area contributed by atoms with E-state index in [9.17, 15) is 13.2 Å². The zero-order valence-corrected chi connectivity index (χ0v) is 18.8. The van der Waals surface area contributed by atoms with Gasteiger partial charge in [0.05, 0.1) is 11.4 Å². The topological polar surface area (TPSA) is 69.7 Å². The lowest BCUT2D eigenvalue weighted by atomic mass is 9.85. The number of carbonyl (C=O) groups is 1. The molecule has 1 aromatic carbocycles. The van der Waals surface area contributed by atoms with Crippen molar-refractivity contribution in [1.82, 2.24) is 14.5 Å². The lowest BCUT2D eigenvalue weighted by Gasteiger charge is -2.34. The molecule has 8 heteroatoms. The summed E-state index contributed by atoms with van der Waals surface area (Å²) in [6.07, 6.45) is 0. The number of rotatable bonds is 4. The van der Waals surface area contributed by atoms with E-state index in [1.807, 2.05) is 26.0 Å². The predicted molar refractivity (Wildman–Crippen MR) is 111 cm³/mol. The van der Waals surface area contributed by atoms with Crippen molar-refractivity contribution < 1.29 is 13.2 Å². The Morgan fingerprint density at radius 1 is 1.07 bits per heavy atom. The third-order valence-electron chi connectivity index (χ3n) is 4.84. The average molecular weight is 418 g/mol. The second-order valence-electron chi connectivity index (χ2n) is 8.00. The second-order valence-corrected chi connectivity index (χ2v) is 9.88. The van der Waals surface area contributed by atoms with E-state index in [-0.39, 0.29) is 30.3 Å². The van der Waals surface area contributed by atoms with Gasteiger partial charge in [0.2, 0.25) is 15.9 Å². The predicted octanol–water partition coefficient (Wildman–Crippen LogP) is 2.08. The van der Waals surface area contributed by atoms with Crippen LogP contribution in [0, 0.1) is 13.8 Å². The first kappa shape index (κ1) is 23.9. The summed E-state index contributed by atoms with van der Waals surface area (Å²) in [5, 5.41) is 2.84. The molecule has 1 saturated heterocycles. The summed E-state index contributed by atoms with van der Waals surface area (Å²) in [4.78, 5) is 14.1. The van der Waals surface area contributed by atoms with Gasteiger partial charge in [0, 0.05) is 26.2 Å². The zero-order chi connectivity index (χ0) is 19.7. The third kappa shape index (κ3) is 5.22. The number of sulfonamides is 1.